The van der Waals surface area contributed by atoms with E-state index in [9.17, 15) is 24.1 Å². The van der Waals surface area contributed by atoms with Crippen molar-refractivity contribution in [2.75, 3.05) is 19.6 Å². The number of nitrogens with zero attached hydrogens (tertiary/aromatic N) is 2. The number of aliphatic hydroxyl groups excluding tert-OH is 1. The van der Waals surface area contributed by atoms with Crippen LogP contribution in [0.25, 0.3) is 0 Å². The van der Waals surface area contributed by atoms with Crippen molar-refractivity contribution in [3.8, 4) is 5.75 Å². The van der Waals surface area contributed by atoms with Crippen LogP contribution >= 0.6 is 0 Å². The number of aromatic nitrogens is 1. The fraction of sp³-hybridized carbons (Fsp3) is 0.476. The number of likely N-dealkylation sites (tertiary alicyclic amines) is 1. The Hall–Kier alpha value is -2.09. The highest BCUT2D eigenvalue weighted by atomic mass is 19.2. The second-order valence-corrected chi connectivity index (χ2v) is 8.22. The Morgan fingerprint density at radius 1 is 1.14 bits per heavy atom. The molecular formula is C21H24F2N2O3. The number of rotatable bonds is 5. The summed E-state index contributed by atoms with van der Waals surface area (Å²) in [5.74, 6) is -1.18. The molecule has 0 bridgehead atoms. The summed E-state index contributed by atoms with van der Waals surface area (Å²) >= 11 is 0. The van der Waals surface area contributed by atoms with E-state index >= 15 is 0 Å². The summed E-state index contributed by atoms with van der Waals surface area (Å²) < 4.78 is 27.4. The van der Waals surface area contributed by atoms with Crippen LogP contribution in [0.3, 0.4) is 0 Å². The topological polar surface area (TPSA) is 76.8 Å². The van der Waals surface area contributed by atoms with Crippen molar-refractivity contribution in [2.45, 2.75) is 31.0 Å². The number of hydrogen-bond acceptors (Lipinski definition) is 5. The minimum Gasteiger partial charge on any atom is -0.506 e. The molecule has 5 nitrogen and oxygen atoms in total. The zero-order valence-corrected chi connectivity index (χ0v) is 15.4. The molecule has 28 heavy (non-hydrogen) atoms. The molecule has 1 aliphatic carbocycles. The van der Waals surface area contributed by atoms with Crippen molar-refractivity contribution in [1.82, 2.24) is 9.88 Å². The highest BCUT2D eigenvalue weighted by Crippen LogP contribution is 2.45. The largest absolute Gasteiger partial charge is 0.506 e. The van der Waals surface area contributed by atoms with E-state index in [1.165, 1.54) is 24.4 Å². The first-order valence-corrected chi connectivity index (χ1v) is 9.53. The van der Waals surface area contributed by atoms with Crippen molar-refractivity contribution < 1.29 is 24.1 Å². The van der Waals surface area contributed by atoms with Gasteiger partial charge in [-0.15, -0.1) is 0 Å². The van der Waals surface area contributed by atoms with Gasteiger partial charge in [0.05, 0.1) is 17.5 Å². The zero-order valence-electron chi connectivity index (χ0n) is 15.4. The lowest BCUT2D eigenvalue weighted by Crippen LogP contribution is -2.34. The lowest BCUT2D eigenvalue weighted by Gasteiger charge is -2.27. The van der Waals surface area contributed by atoms with Gasteiger partial charge in [0.2, 0.25) is 0 Å². The number of aliphatic hydroxyl groups is 2. The van der Waals surface area contributed by atoms with Gasteiger partial charge in [-0.1, -0.05) is 12.1 Å². The Morgan fingerprint density at radius 3 is 2.50 bits per heavy atom. The Morgan fingerprint density at radius 2 is 1.86 bits per heavy atom. The van der Waals surface area contributed by atoms with Crippen molar-refractivity contribution in [3.63, 3.8) is 0 Å². The van der Waals surface area contributed by atoms with Gasteiger partial charge in [0.15, 0.2) is 11.6 Å². The molecule has 4 rings (SSSR count). The molecule has 2 heterocycles. The van der Waals surface area contributed by atoms with Gasteiger partial charge in [0, 0.05) is 26.1 Å². The van der Waals surface area contributed by atoms with Crippen molar-refractivity contribution in [1.29, 1.82) is 0 Å². The number of fused-ring (bicyclic) bond motifs is 1. The number of β-amino-alcohol motifs (C(OH)–C–C–N with tert-alkyl or cyclic N) is 1. The van der Waals surface area contributed by atoms with Gasteiger partial charge in [-0.3, -0.25) is 9.88 Å². The first-order valence-electron chi connectivity index (χ1n) is 9.53. The highest BCUT2D eigenvalue weighted by Gasteiger charge is 2.48. The van der Waals surface area contributed by atoms with Gasteiger partial charge in [0.1, 0.15) is 11.9 Å². The van der Waals surface area contributed by atoms with E-state index in [0.717, 1.165) is 19.2 Å². The maximum atomic E-state index is 14.0. The molecule has 2 aliphatic rings. The molecule has 2 aromatic rings. The number of hydrogen-bond donors (Lipinski definition) is 3. The van der Waals surface area contributed by atoms with Gasteiger partial charge >= 0.3 is 0 Å². The van der Waals surface area contributed by atoms with E-state index in [1.807, 2.05) is 0 Å². The van der Waals surface area contributed by atoms with Crippen LogP contribution < -0.4 is 0 Å². The molecule has 1 aliphatic heterocycles. The van der Waals surface area contributed by atoms with E-state index < -0.39 is 23.3 Å². The Kier molecular flexibility index (Phi) is 5.07. The first kappa shape index (κ1) is 19.2. The van der Waals surface area contributed by atoms with Crippen molar-refractivity contribution >= 4 is 0 Å². The van der Waals surface area contributed by atoms with Crippen LogP contribution in [0.4, 0.5) is 8.78 Å². The molecule has 0 amide bonds. The zero-order chi connectivity index (χ0) is 19.9. The van der Waals surface area contributed by atoms with Crippen molar-refractivity contribution in [3.05, 3.63) is 59.4 Å². The molecule has 1 aromatic heterocycles. The lowest BCUT2D eigenvalue weighted by atomic mass is 9.91. The van der Waals surface area contributed by atoms with Crippen LogP contribution in [0.15, 0.2) is 36.5 Å². The quantitative estimate of drug-likeness (QED) is 0.731. The van der Waals surface area contributed by atoms with E-state index in [0.29, 0.717) is 25.1 Å². The molecule has 0 spiro atoms. The number of benzene rings is 1. The number of halogens is 2. The fourth-order valence-corrected chi connectivity index (χ4v) is 4.82. The second kappa shape index (κ2) is 7.39. The average molecular weight is 390 g/mol. The molecule has 2 fully saturated rings. The molecular weight excluding hydrogens is 366 g/mol. The van der Waals surface area contributed by atoms with E-state index in [4.69, 9.17) is 0 Å². The predicted molar refractivity (Wildman–Crippen MR) is 98.5 cm³/mol. The molecule has 1 aromatic carbocycles. The predicted octanol–water partition coefficient (Wildman–Crippen LogP) is 2.41. The molecule has 1 saturated carbocycles. The normalized spacial score (nSPS) is 28.4. The molecule has 7 heteroatoms. The van der Waals surface area contributed by atoms with Crippen LogP contribution in [0.5, 0.6) is 5.75 Å². The summed E-state index contributed by atoms with van der Waals surface area (Å²) in [6, 6.07) is 7.17. The third kappa shape index (κ3) is 3.87. The molecule has 1 saturated heterocycles. The molecule has 1 unspecified atom stereocenters. The second-order valence-electron chi connectivity index (χ2n) is 8.22. The summed E-state index contributed by atoms with van der Waals surface area (Å²) in [5.41, 5.74) is -0.297. The van der Waals surface area contributed by atoms with E-state index in [-0.39, 0.29) is 29.6 Å². The third-order valence-electron chi connectivity index (χ3n) is 6.03. The number of aromatic hydroxyl groups is 1. The fourth-order valence-electron chi connectivity index (χ4n) is 4.82. The minimum atomic E-state index is -1.02. The van der Waals surface area contributed by atoms with Crippen LogP contribution in [0.2, 0.25) is 0 Å². The smallest absolute Gasteiger partial charge is 0.162 e. The van der Waals surface area contributed by atoms with Gasteiger partial charge in [0.25, 0.3) is 0 Å². The monoisotopic (exact) mass is 390 g/mol. The summed E-state index contributed by atoms with van der Waals surface area (Å²) in [5, 5.41) is 30.6. The average Bonchev–Trinajstić information content (AvgIpc) is 3.13. The van der Waals surface area contributed by atoms with Crippen molar-refractivity contribution in [2.24, 2.45) is 11.8 Å². The van der Waals surface area contributed by atoms with E-state index in [1.54, 1.807) is 6.07 Å². The van der Waals surface area contributed by atoms with Gasteiger partial charge in [-0.05, 0) is 48.4 Å². The minimum absolute atomic E-state index is 0.0562. The van der Waals surface area contributed by atoms with Crippen LogP contribution in [0, 0.1) is 23.5 Å². The Labute approximate surface area is 162 Å². The molecule has 4 atom stereocenters. The van der Waals surface area contributed by atoms with Crippen LogP contribution in [-0.2, 0) is 6.42 Å². The standard InChI is InChI=1S/C21H24F2N2O3/c22-17-3-1-2-13(20(17)23)6-21(28)7-14-10-25(11-15(14)8-21)12-19(27)18-5-4-16(26)9-24-18/h1-5,9,14-15,19,26-28H,6-8,10-12H2/t14-,15+,19?,21+. The highest BCUT2D eigenvalue weighted by molar-refractivity contribution is 5.22. The summed E-state index contributed by atoms with van der Waals surface area (Å²) in [6.07, 6.45) is 1.75. The van der Waals surface area contributed by atoms with Crippen LogP contribution in [0.1, 0.15) is 30.2 Å². The third-order valence-corrected chi connectivity index (χ3v) is 6.03. The summed E-state index contributed by atoms with van der Waals surface area (Å²) in [7, 11) is 0. The summed E-state index contributed by atoms with van der Waals surface area (Å²) in [4.78, 5) is 6.19. The first-order chi connectivity index (χ1) is 13.3. The maximum absolute atomic E-state index is 14.0. The maximum Gasteiger partial charge on any atom is 0.162 e. The Bertz CT molecular complexity index is 832. The molecule has 150 valence electrons. The van der Waals surface area contributed by atoms with E-state index in [2.05, 4.69) is 9.88 Å². The van der Waals surface area contributed by atoms with Gasteiger partial charge in [-0.25, -0.2) is 8.78 Å². The van der Waals surface area contributed by atoms with Crippen LogP contribution in [-0.4, -0.2) is 50.4 Å². The van der Waals surface area contributed by atoms with Gasteiger partial charge in [-0.2, -0.15) is 0 Å². The SMILES string of the molecule is Oc1ccc(C(O)CN2C[C@@H]3C[C@](O)(Cc4cccc(F)c4F)C[C@@H]3C2)nc1. The number of pyridine rings is 1. The molecule has 0 radical (unpaired) electrons. The Balaban J connectivity index is 1.35. The lowest BCUT2D eigenvalue weighted by molar-refractivity contribution is 0.0318. The molecule has 3 N–H and O–H groups in total. The van der Waals surface area contributed by atoms with Gasteiger partial charge < -0.3 is 15.3 Å². The summed E-state index contributed by atoms with van der Waals surface area (Å²) in [6.45, 7) is 1.92.